The fraction of sp³-hybridized carbons (Fsp3) is 0.333. The number of hydrogen-bond acceptors (Lipinski definition) is 3. The lowest BCUT2D eigenvalue weighted by Gasteiger charge is -2.17. The van der Waals surface area contributed by atoms with Crippen LogP contribution >= 0.6 is 11.6 Å². The van der Waals surface area contributed by atoms with Crippen LogP contribution < -0.4 is 4.74 Å². The largest absolute Gasteiger partial charge is 0.497 e. The molecule has 0 aliphatic rings. The van der Waals surface area contributed by atoms with Crippen molar-refractivity contribution >= 4 is 22.6 Å². The molecule has 0 saturated heterocycles. The van der Waals surface area contributed by atoms with Gasteiger partial charge in [0.2, 0.25) is 0 Å². The second kappa shape index (κ2) is 5.77. The minimum Gasteiger partial charge on any atom is -0.497 e. The van der Waals surface area contributed by atoms with Gasteiger partial charge in [-0.05, 0) is 25.1 Å². The highest BCUT2D eigenvalue weighted by Crippen LogP contribution is 2.26. The summed E-state index contributed by atoms with van der Waals surface area (Å²) in [7, 11) is 1.65. The zero-order valence-electron chi connectivity index (χ0n) is 12.0. The molecular weight excluding hydrogens is 288 g/mol. The molecule has 0 bridgehead atoms. The summed E-state index contributed by atoms with van der Waals surface area (Å²) in [6.45, 7) is 2.91. The Labute approximate surface area is 128 Å². The molecular formula is C15H17ClN4O. The minimum atomic E-state index is 0.206. The summed E-state index contributed by atoms with van der Waals surface area (Å²) in [5.74, 6) is 2.04. The number of alkyl halides is 1. The molecule has 1 atom stereocenters. The van der Waals surface area contributed by atoms with Gasteiger partial charge in [0, 0.05) is 18.5 Å². The van der Waals surface area contributed by atoms with Crippen molar-refractivity contribution in [2.24, 2.45) is 0 Å². The van der Waals surface area contributed by atoms with Gasteiger partial charge in [-0.25, -0.2) is 4.98 Å². The van der Waals surface area contributed by atoms with Gasteiger partial charge >= 0.3 is 0 Å². The maximum Gasteiger partial charge on any atom is 0.125 e. The van der Waals surface area contributed by atoms with Gasteiger partial charge in [0.15, 0.2) is 0 Å². The first-order chi connectivity index (χ1) is 10.2. The quantitative estimate of drug-likeness (QED) is 0.680. The smallest absolute Gasteiger partial charge is 0.125 e. The Kier molecular flexibility index (Phi) is 3.84. The van der Waals surface area contributed by atoms with Gasteiger partial charge in [-0.15, -0.1) is 11.6 Å². The highest BCUT2D eigenvalue weighted by atomic mass is 35.5. The van der Waals surface area contributed by atoms with E-state index in [2.05, 4.69) is 21.6 Å². The number of hydrogen-bond donors (Lipinski definition) is 0. The van der Waals surface area contributed by atoms with Crippen LogP contribution in [0.2, 0.25) is 0 Å². The van der Waals surface area contributed by atoms with E-state index >= 15 is 0 Å². The second-order valence-corrected chi connectivity index (χ2v) is 5.23. The lowest BCUT2D eigenvalue weighted by atomic mass is 10.2. The third-order valence-corrected chi connectivity index (χ3v) is 3.78. The molecule has 0 fully saturated rings. The van der Waals surface area contributed by atoms with E-state index in [1.54, 1.807) is 13.3 Å². The number of methoxy groups -OCH3 is 1. The number of fused-ring (bicyclic) bond motifs is 1. The number of rotatable bonds is 5. The SMILES string of the molecule is COc1ccc2c(c1)nc(CCl)n2C(C)Cn1cccn1. The summed E-state index contributed by atoms with van der Waals surface area (Å²) in [4.78, 5) is 4.61. The summed E-state index contributed by atoms with van der Waals surface area (Å²) < 4.78 is 9.34. The van der Waals surface area contributed by atoms with Crippen LogP contribution in [-0.2, 0) is 12.4 Å². The standard InChI is InChI=1S/C15H17ClN4O/c1-11(10-19-7-3-6-17-19)20-14-5-4-12(21-2)8-13(14)18-15(20)9-16/h3-8,11H,9-10H2,1-2H3. The Hall–Kier alpha value is -2.01. The van der Waals surface area contributed by atoms with E-state index in [4.69, 9.17) is 16.3 Å². The first-order valence-electron chi connectivity index (χ1n) is 6.81. The van der Waals surface area contributed by atoms with Crippen LogP contribution in [0.3, 0.4) is 0 Å². The molecule has 110 valence electrons. The highest BCUT2D eigenvalue weighted by Gasteiger charge is 2.16. The average Bonchev–Trinajstić information content (AvgIpc) is 3.12. The Morgan fingerprint density at radius 2 is 2.24 bits per heavy atom. The van der Waals surface area contributed by atoms with Gasteiger partial charge < -0.3 is 9.30 Å². The molecule has 21 heavy (non-hydrogen) atoms. The molecule has 3 aromatic rings. The predicted octanol–water partition coefficient (Wildman–Crippen LogP) is 3.24. The van der Waals surface area contributed by atoms with Crippen molar-refractivity contribution in [1.29, 1.82) is 0 Å². The third-order valence-electron chi connectivity index (χ3n) is 3.54. The van der Waals surface area contributed by atoms with Crippen molar-refractivity contribution in [1.82, 2.24) is 19.3 Å². The summed E-state index contributed by atoms with van der Waals surface area (Å²) in [6, 6.07) is 8.03. The van der Waals surface area contributed by atoms with Crippen molar-refractivity contribution in [2.75, 3.05) is 7.11 Å². The Balaban J connectivity index is 2.03. The number of nitrogens with zero attached hydrogens (tertiary/aromatic N) is 4. The number of benzene rings is 1. The Morgan fingerprint density at radius 3 is 2.90 bits per heavy atom. The molecule has 0 aliphatic carbocycles. The average molecular weight is 305 g/mol. The third kappa shape index (κ3) is 2.61. The van der Waals surface area contributed by atoms with Crippen molar-refractivity contribution in [3.63, 3.8) is 0 Å². The molecule has 6 heteroatoms. The Morgan fingerprint density at radius 1 is 1.38 bits per heavy atom. The van der Waals surface area contributed by atoms with E-state index in [0.717, 1.165) is 29.2 Å². The van der Waals surface area contributed by atoms with E-state index in [1.165, 1.54) is 0 Å². The van der Waals surface area contributed by atoms with Crippen LogP contribution in [0.5, 0.6) is 5.75 Å². The van der Waals surface area contributed by atoms with Crippen LogP contribution in [0.4, 0.5) is 0 Å². The molecule has 0 saturated carbocycles. The van der Waals surface area contributed by atoms with E-state index in [-0.39, 0.29) is 6.04 Å². The fourth-order valence-electron chi connectivity index (χ4n) is 2.60. The van der Waals surface area contributed by atoms with Gasteiger partial charge in [-0.3, -0.25) is 4.68 Å². The lowest BCUT2D eigenvalue weighted by molar-refractivity contribution is 0.415. The van der Waals surface area contributed by atoms with Crippen LogP contribution in [0.15, 0.2) is 36.7 Å². The topological polar surface area (TPSA) is 44.9 Å². The molecule has 0 aliphatic heterocycles. The number of aromatic nitrogens is 4. The molecule has 0 spiro atoms. The maximum atomic E-state index is 6.07. The Bertz CT molecular complexity index is 736. The van der Waals surface area contributed by atoms with Gasteiger partial charge in [-0.1, -0.05) is 0 Å². The van der Waals surface area contributed by atoms with E-state index in [0.29, 0.717) is 5.88 Å². The summed E-state index contributed by atoms with van der Waals surface area (Å²) in [6.07, 6.45) is 3.74. The van der Waals surface area contributed by atoms with Gasteiger partial charge in [0.05, 0.1) is 36.6 Å². The van der Waals surface area contributed by atoms with Crippen molar-refractivity contribution in [2.45, 2.75) is 25.4 Å². The molecule has 0 N–H and O–H groups in total. The monoisotopic (exact) mass is 304 g/mol. The minimum absolute atomic E-state index is 0.206. The zero-order valence-corrected chi connectivity index (χ0v) is 12.8. The van der Waals surface area contributed by atoms with Crippen LogP contribution in [0.1, 0.15) is 18.8 Å². The number of imidazole rings is 1. The lowest BCUT2D eigenvalue weighted by Crippen LogP contribution is -2.15. The summed E-state index contributed by atoms with van der Waals surface area (Å²) in [5.41, 5.74) is 1.96. The van der Waals surface area contributed by atoms with Crippen LogP contribution in [-0.4, -0.2) is 26.4 Å². The molecule has 0 radical (unpaired) electrons. The first-order valence-corrected chi connectivity index (χ1v) is 7.34. The van der Waals surface area contributed by atoms with Gasteiger partial charge in [0.25, 0.3) is 0 Å². The highest BCUT2D eigenvalue weighted by molar-refractivity contribution is 6.16. The molecule has 5 nitrogen and oxygen atoms in total. The summed E-state index contributed by atoms with van der Waals surface area (Å²) >= 11 is 6.07. The summed E-state index contributed by atoms with van der Waals surface area (Å²) in [5, 5.41) is 4.26. The number of ether oxygens (including phenoxy) is 1. The first kappa shape index (κ1) is 13.9. The van der Waals surface area contributed by atoms with E-state index in [1.807, 2.05) is 35.1 Å². The van der Waals surface area contributed by atoms with Crippen molar-refractivity contribution in [3.05, 3.63) is 42.5 Å². The van der Waals surface area contributed by atoms with Crippen LogP contribution in [0.25, 0.3) is 11.0 Å². The van der Waals surface area contributed by atoms with E-state index in [9.17, 15) is 0 Å². The fourth-order valence-corrected chi connectivity index (χ4v) is 2.79. The maximum absolute atomic E-state index is 6.07. The molecule has 1 aromatic carbocycles. The van der Waals surface area contributed by atoms with Gasteiger partial charge in [-0.2, -0.15) is 5.10 Å². The van der Waals surface area contributed by atoms with Gasteiger partial charge in [0.1, 0.15) is 11.6 Å². The van der Waals surface area contributed by atoms with Crippen LogP contribution in [0, 0.1) is 0 Å². The number of halogens is 1. The van der Waals surface area contributed by atoms with Crippen molar-refractivity contribution < 1.29 is 4.74 Å². The molecule has 2 aromatic heterocycles. The second-order valence-electron chi connectivity index (χ2n) is 4.96. The zero-order chi connectivity index (χ0) is 14.8. The molecule has 2 heterocycles. The molecule has 0 amide bonds. The van der Waals surface area contributed by atoms with E-state index < -0.39 is 0 Å². The molecule has 3 rings (SSSR count). The normalized spacial score (nSPS) is 12.7. The van der Waals surface area contributed by atoms with Crippen molar-refractivity contribution in [3.8, 4) is 5.75 Å². The molecule has 1 unspecified atom stereocenters. The predicted molar refractivity (Wildman–Crippen MR) is 82.8 cm³/mol.